The molecule has 0 radical (unpaired) electrons. The summed E-state index contributed by atoms with van der Waals surface area (Å²) in [7, 11) is 0. The van der Waals surface area contributed by atoms with Gasteiger partial charge in [0.15, 0.2) is 5.65 Å². The van der Waals surface area contributed by atoms with Gasteiger partial charge in [-0.2, -0.15) is 4.52 Å². The summed E-state index contributed by atoms with van der Waals surface area (Å²) >= 11 is 12.1. The lowest BCUT2D eigenvalue weighted by Crippen LogP contribution is -2.50. The van der Waals surface area contributed by atoms with Crippen LogP contribution in [0.2, 0.25) is 10.0 Å². The van der Waals surface area contributed by atoms with Crippen LogP contribution in [0.5, 0.6) is 0 Å². The van der Waals surface area contributed by atoms with E-state index >= 15 is 0 Å². The fraction of sp³-hybridized carbons (Fsp3) is 0.250. The highest BCUT2D eigenvalue weighted by Gasteiger charge is 2.22. The Labute approximate surface area is 159 Å². The summed E-state index contributed by atoms with van der Waals surface area (Å²) in [6.07, 6.45) is 1.57. The van der Waals surface area contributed by atoms with Gasteiger partial charge in [0.1, 0.15) is 12.1 Å². The van der Waals surface area contributed by atoms with Gasteiger partial charge in [0, 0.05) is 31.2 Å². The predicted octanol–water partition coefficient (Wildman–Crippen LogP) is 2.79. The van der Waals surface area contributed by atoms with E-state index in [1.54, 1.807) is 33.9 Å². The lowest BCUT2D eigenvalue weighted by molar-refractivity contribution is 0.208. The van der Waals surface area contributed by atoms with Gasteiger partial charge in [-0.1, -0.05) is 23.2 Å². The number of piperazine rings is 1. The highest BCUT2D eigenvalue weighted by molar-refractivity contribution is 6.35. The topological polar surface area (TPSA) is 78.7 Å². The Morgan fingerprint density at radius 1 is 1.08 bits per heavy atom. The van der Waals surface area contributed by atoms with Gasteiger partial charge in [0.2, 0.25) is 0 Å². The summed E-state index contributed by atoms with van der Waals surface area (Å²) in [5.74, 6) is 0.829. The Kier molecular flexibility index (Phi) is 4.52. The molecule has 134 valence electrons. The molecule has 4 rings (SSSR count). The number of nitrogens with one attached hydrogen (secondary N) is 1. The van der Waals surface area contributed by atoms with Crippen molar-refractivity contribution in [2.24, 2.45) is 0 Å². The summed E-state index contributed by atoms with van der Waals surface area (Å²) in [6, 6.07) is 8.55. The predicted molar refractivity (Wildman–Crippen MR) is 100 cm³/mol. The average molecular weight is 392 g/mol. The zero-order valence-corrected chi connectivity index (χ0v) is 15.2. The molecule has 0 spiro atoms. The monoisotopic (exact) mass is 391 g/mol. The van der Waals surface area contributed by atoms with E-state index in [-0.39, 0.29) is 6.03 Å². The maximum absolute atomic E-state index is 12.5. The smallest absolute Gasteiger partial charge is 0.322 e. The first-order valence-electron chi connectivity index (χ1n) is 8.03. The van der Waals surface area contributed by atoms with Gasteiger partial charge in [-0.25, -0.2) is 4.79 Å². The average Bonchev–Trinajstić information content (AvgIpc) is 3.12. The first-order chi connectivity index (χ1) is 12.6. The summed E-state index contributed by atoms with van der Waals surface area (Å²) < 4.78 is 1.63. The number of aromatic nitrogens is 4. The van der Waals surface area contributed by atoms with Gasteiger partial charge < -0.3 is 15.1 Å². The van der Waals surface area contributed by atoms with Crippen LogP contribution in [0.15, 0.2) is 36.7 Å². The van der Waals surface area contributed by atoms with Crippen LogP contribution in [0.4, 0.5) is 16.3 Å². The Balaban J connectivity index is 1.39. The molecule has 0 aliphatic carbocycles. The first kappa shape index (κ1) is 16.9. The zero-order chi connectivity index (χ0) is 18.1. The third-order valence-electron chi connectivity index (χ3n) is 4.21. The number of fused-ring (bicyclic) bond motifs is 1. The molecule has 1 aromatic carbocycles. The highest BCUT2D eigenvalue weighted by Crippen LogP contribution is 2.26. The first-order valence-corrected chi connectivity index (χ1v) is 8.79. The van der Waals surface area contributed by atoms with E-state index < -0.39 is 0 Å². The molecule has 2 aromatic heterocycles. The molecule has 1 aliphatic rings. The van der Waals surface area contributed by atoms with E-state index in [0.29, 0.717) is 47.6 Å². The molecule has 26 heavy (non-hydrogen) atoms. The normalized spacial score (nSPS) is 14.7. The molecule has 3 aromatic rings. The summed E-state index contributed by atoms with van der Waals surface area (Å²) in [4.78, 5) is 16.3. The van der Waals surface area contributed by atoms with Crippen molar-refractivity contribution in [2.45, 2.75) is 0 Å². The number of carbonyl (C=O) groups excluding carboxylic acids is 1. The molecule has 3 heterocycles. The quantitative estimate of drug-likeness (QED) is 0.726. The third kappa shape index (κ3) is 3.38. The van der Waals surface area contributed by atoms with Gasteiger partial charge in [-0.3, -0.25) is 0 Å². The summed E-state index contributed by atoms with van der Waals surface area (Å²) in [5.41, 5.74) is 1.21. The molecule has 10 heteroatoms. The van der Waals surface area contributed by atoms with E-state index in [4.69, 9.17) is 23.2 Å². The number of carbonyl (C=O) groups is 1. The molecular weight excluding hydrogens is 377 g/mol. The van der Waals surface area contributed by atoms with Crippen LogP contribution in [0.1, 0.15) is 0 Å². The van der Waals surface area contributed by atoms with Crippen LogP contribution < -0.4 is 10.2 Å². The van der Waals surface area contributed by atoms with Crippen LogP contribution in [0, 0.1) is 0 Å². The van der Waals surface area contributed by atoms with Crippen LogP contribution in [0.3, 0.4) is 0 Å². The molecule has 1 saturated heterocycles. The van der Waals surface area contributed by atoms with Crippen molar-refractivity contribution in [1.29, 1.82) is 0 Å². The fourth-order valence-electron chi connectivity index (χ4n) is 2.81. The third-order valence-corrected chi connectivity index (χ3v) is 4.77. The Morgan fingerprint density at radius 2 is 1.88 bits per heavy atom. The standard InChI is InChI=1S/C16H15Cl2N7O/c17-11-1-2-12(18)13(9-11)20-16(26)24-7-5-23(6-8-24)15-4-3-14-21-19-10-25(14)22-15/h1-4,9-10H,5-8H2,(H,20,26). The second kappa shape index (κ2) is 6.97. The maximum Gasteiger partial charge on any atom is 0.322 e. The second-order valence-electron chi connectivity index (χ2n) is 5.85. The minimum atomic E-state index is -0.198. The van der Waals surface area contributed by atoms with Crippen molar-refractivity contribution >= 4 is 46.4 Å². The molecule has 0 saturated carbocycles. The fourth-order valence-corrected chi connectivity index (χ4v) is 3.15. The van der Waals surface area contributed by atoms with Crippen molar-refractivity contribution in [3.63, 3.8) is 0 Å². The van der Waals surface area contributed by atoms with Gasteiger partial charge in [0.05, 0.1) is 10.7 Å². The van der Waals surface area contributed by atoms with Crippen molar-refractivity contribution in [1.82, 2.24) is 24.7 Å². The van der Waals surface area contributed by atoms with E-state index in [1.165, 1.54) is 0 Å². The Morgan fingerprint density at radius 3 is 2.69 bits per heavy atom. The molecule has 1 aliphatic heterocycles. The summed E-state index contributed by atoms with van der Waals surface area (Å²) in [6.45, 7) is 2.51. The molecule has 0 unspecified atom stereocenters. The van der Waals surface area contributed by atoms with Gasteiger partial charge in [0.25, 0.3) is 0 Å². The maximum atomic E-state index is 12.5. The number of benzene rings is 1. The van der Waals surface area contributed by atoms with Crippen LogP contribution >= 0.6 is 23.2 Å². The van der Waals surface area contributed by atoms with Crippen LogP contribution in [-0.2, 0) is 0 Å². The van der Waals surface area contributed by atoms with Gasteiger partial charge >= 0.3 is 6.03 Å². The summed E-state index contributed by atoms with van der Waals surface area (Å²) in [5, 5.41) is 16.0. The van der Waals surface area contributed by atoms with E-state index in [9.17, 15) is 4.79 Å². The minimum absolute atomic E-state index is 0.198. The number of hydrogen-bond acceptors (Lipinski definition) is 5. The molecule has 0 atom stereocenters. The highest BCUT2D eigenvalue weighted by atomic mass is 35.5. The Bertz CT molecular complexity index is 953. The van der Waals surface area contributed by atoms with Crippen molar-refractivity contribution in [2.75, 3.05) is 36.4 Å². The van der Waals surface area contributed by atoms with Gasteiger partial charge in [-0.15, -0.1) is 15.3 Å². The Hall–Kier alpha value is -2.58. The van der Waals surface area contributed by atoms with E-state index in [2.05, 4.69) is 25.5 Å². The SMILES string of the molecule is O=C(Nc1cc(Cl)ccc1Cl)N1CCN(c2ccc3nncn3n2)CC1. The second-order valence-corrected chi connectivity index (χ2v) is 6.70. The van der Waals surface area contributed by atoms with E-state index in [1.807, 2.05) is 12.1 Å². The van der Waals surface area contributed by atoms with Crippen LogP contribution in [0.25, 0.3) is 5.65 Å². The van der Waals surface area contributed by atoms with Crippen LogP contribution in [-0.4, -0.2) is 56.9 Å². The number of hydrogen-bond donors (Lipinski definition) is 1. The number of rotatable bonds is 2. The number of halogens is 2. The molecular formula is C16H15Cl2N7O. The number of amides is 2. The van der Waals surface area contributed by atoms with Crippen molar-refractivity contribution < 1.29 is 4.79 Å². The van der Waals surface area contributed by atoms with Crippen molar-refractivity contribution in [3.05, 3.63) is 46.7 Å². The largest absolute Gasteiger partial charge is 0.352 e. The zero-order valence-electron chi connectivity index (χ0n) is 13.6. The lowest BCUT2D eigenvalue weighted by atomic mass is 10.3. The molecule has 2 amide bonds. The number of nitrogens with zero attached hydrogens (tertiary/aromatic N) is 6. The molecule has 1 fully saturated rings. The molecule has 8 nitrogen and oxygen atoms in total. The van der Waals surface area contributed by atoms with Crippen molar-refractivity contribution in [3.8, 4) is 0 Å². The minimum Gasteiger partial charge on any atom is -0.352 e. The molecule has 1 N–H and O–H groups in total. The lowest BCUT2D eigenvalue weighted by Gasteiger charge is -2.35. The number of anilines is 2. The molecule has 0 bridgehead atoms. The van der Waals surface area contributed by atoms with Gasteiger partial charge in [-0.05, 0) is 30.3 Å². The number of urea groups is 1. The van der Waals surface area contributed by atoms with E-state index in [0.717, 1.165) is 5.82 Å².